The Morgan fingerprint density at radius 3 is 2.33 bits per heavy atom. The molecule has 2 atom stereocenters. The normalized spacial score (nSPS) is 18.2. The summed E-state index contributed by atoms with van der Waals surface area (Å²) in [4.78, 5) is 56.3. The van der Waals surface area contributed by atoms with Crippen LogP contribution in [0.3, 0.4) is 0 Å². The molecule has 1 fully saturated rings. The molecule has 1 saturated heterocycles. The predicted octanol–water partition coefficient (Wildman–Crippen LogP) is -9.69. The van der Waals surface area contributed by atoms with Gasteiger partial charge in [-0.15, -0.1) is 11.3 Å². The SMILES string of the molecule is COC(=O)[C@H]1[C@H](NC(=O)C(=NOC(C)(C)C(=O)[O-])c2csc(N)n2)C(=O)N1S(=O)(=O)[O-].[Na+].[Na+]. The standard InChI is InChI=1S/C14H17N5O10S2.2Na/c1-14(2,12(23)24)29-18-6(5-4-30-13(15)16-5)9(20)17-7-8(11(22)28-3)19(10(7)21)31(25,26)27;;/h4,7-8H,1-3H3,(H2,15,16)(H,17,20)(H,23,24)(H,25,26,27);;/q;2*+1/p-2/t7-,8+;;/m0../s1. The molecule has 33 heavy (non-hydrogen) atoms. The summed E-state index contributed by atoms with van der Waals surface area (Å²) < 4.78 is 37.8. The number of oxime groups is 1. The fraction of sp³-hybridized carbons (Fsp3) is 0.429. The number of amides is 2. The Kier molecular flexibility index (Phi) is 11.4. The molecule has 0 aliphatic carbocycles. The van der Waals surface area contributed by atoms with Gasteiger partial charge in [-0.2, -0.15) is 0 Å². The topological polar surface area (TPSA) is 234 Å². The molecule has 19 heteroatoms. The number of rotatable bonds is 8. The molecule has 1 aliphatic heterocycles. The molecule has 0 radical (unpaired) electrons. The van der Waals surface area contributed by atoms with Gasteiger partial charge < -0.3 is 35.1 Å². The number of ether oxygens (including phenoxy) is 1. The molecule has 0 spiro atoms. The van der Waals surface area contributed by atoms with Gasteiger partial charge >= 0.3 is 65.1 Å². The number of hydrogen-bond acceptors (Lipinski definition) is 14. The van der Waals surface area contributed by atoms with E-state index in [0.717, 1.165) is 32.3 Å². The molecule has 15 nitrogen and oxygen atoms in total. The molecule has 2 heterocycles. The fourth-order valence-corrected chi connectivity index (χ4v) is 3.58. The van der Waals surface area contributed by atoms with Gasteiger partial charge in [0.15, 0.2) is 32.8 Å². The molecule has 1 aromatic rings. The number of aliphatic carboxylic acids is 1. The van der Waals surface area contributed by atoms with Gasteiger partial charge in [-0.1, -0.05) is 5.16 Å². The molecule has 170 valence electrons. The van der Waals surface area contributed by atoms with Crippen LogP contribution in [0.5, 0.6) is 0 Å². The number of nitrogens with one attached hydrogen (secondary N) is 1. The third kappa shape index (κ3) is 7.09. The van der Waals surface area contributed by atoms with Crippen molar-refractivity contribution in [2.45, 2.75) is 31.5 Å². The molecular weight excluding hydrogens is 508 g/mol. The van der Waals surface area contributed by atoms with Gasteiger partial charge in [-0.05, 0) is 13.8 Å². The van der Waals surface area contributed by atoms with E-state index < -0.39 is 57.5 Å². The number of hydrogen-bond donors (Lipinski definition) is 2. The molecule has 3 N–H and O–H groups in total. The minimum Gasteiger partial charge on any atom is -0.731 e. The zero-order valence-electron chi connectivity index (χ0n) is 18.1. The van der Waals surface area contributed by atoms with Gasteiger partial charge in [0.2, 0.25) is 0 Å². The van der Waals surface area contributed by atoms with Crippen molar-refractivity contribution >= 4 is 56.2 Å². The van der Waals surface area contributed by atoms with E-state index in [4.69, 9.17) is 10.6 Å². The van der Waals surface area contributed by atoms with Crippen LogP contribution in [-0.4, -0.2) is 76.5 Å². The molecule has 1 aliphatic rings. The Balaban J connectivity index is 0.00000512. The molecule has 1 aromatic heterocycles. The van der Waals surface area contributed by atoms with Crippen LogP contribution in [0, 0.1) is 0 Å². The number of nitrogens with two attached hydrogens (primary N) is 1. The first kappa shape index (κ1) is 31.7. The van der Waals surface area contributed by atoms with Crippen LogP contribution < -0.4 is 75.3 Å². The van der Waals surface area contributed by atoms with Gasteiger partial charge in [-0.3, -0.25) is 9.59 Å². The van der Waals surface area contributed by atoms with Crippen LogP contribution in [-0.2, 0) is 39.1 Å². The van der Waals surface area contributed by atoms with Crippen molar-refractivity contribution in [1.29, 1.82) is 0 Å². The Labute approximate surface area is 235 Å². The van der Waals surface area contributed by atoms with Crippen LogP contribution in [0.1, 0.15) is 19.5 Å². The molecule has 2 rings (SSSR count). The second kappa shape index (κ2) is 11.9. The minimum atomic E-state index is -5.37. The number of esters is 1. The van der Waals surface area contributed by atoms with Crippen LogP contribution in [0.2, 0.25) is 0 Å². The largest absolute Gasteiger partial charge is 1.00 e. The second-order valence-corrected chi connectivity index (χ2v) is 8.55. The van der Waals surface area contributed by atoms with E-state index in [1.54, 1.807) is 0 Å². The number of aromatic nitrogens is 1. The van der Waals surface area contributed by atoms with Crippen LogP contribution in [0.15, 0.2) is 10.5 Å². The quantitative estimate of drug-likeness (QED) is 0.0807. The Morgan fingerprint density at radius 2 is 1.91 bits per heavy atom. The summed E-state index contributed by atoms with van der Waals surface area (Å²) in [5.41, 5.74) is 2.71. The van der Waals surface area contributed by atoms with Crippen molar-refractivity contribution in [1.82, 2.24) is 14.6 Å². The van der Waals surface area contributed by atoms with Crippen molar-refractivity contribution in [2.75, 3.05) is 12.8 Å². The van der Waals surface area contributed by atoms with E-state index in [1.165, 1.54) is 5.38 Å². The number of nitrogens with zero attached hydrogens (tertiary/aromatic N) is 3. The first-order valence-electron chi connectivity index (χ1n) is 8.07. The molecule has 2 amide bonds. The molecule has 0 aromatic carbocycles. The van der Waals surface area contributed by atoms with E-state index in [1.807, 2.05) is 5.32 Å². The third-order valence-electron chi connectivity index (χ3n) is 3.86. The van der Waals surface area contributed by atoms with Gasteiger partial charge in [0.05, 0.1) is 13.1 Å². The van der Waals surface area contributed by atoms with Crippen molar-refractivity contribution in [2.24, 2.45) is 5.16 Å². The first-order chi connectivity index (χ1) is 14.2. The first-order valence-corrected chi connectivity index (χ1v) is 10.3. The van der Waals surface area contributed by atoms with Crippen molar-refractivity contribution in [3.8, 4) is 0 Å². The van der Waals surface area contributed by atoms with Gasteiger partial charge in [0.1, 0.15) is 11.7 Å². The Morgan fingerprint density at radius 1 is 1.33 bits per heavy atom. The molecular formula is C14H15N5Na2O10S2. The van der Waals surface area contributed by atoms with Gasteiger partial charge in [-0.25, -0.2) is 22.5 Å². The maximum Gasteiger partial charge on any atom is 1.00 e. The smallest absolute Gasteiger partial charge is 0.731 e. The Hall–Kier alpha value is -1.31. The summed E-state index contributed by atoms with van der Waals surface area (Å²) in [6, 6.07) is -3.75. The second-order valence-electron chi connectivity index (χ2n) is 6.41. The van der Waals surface area contributed by atoms with E-state index in [9.17, 15) is 37.3 Å². The number of carboxylic acids is 1. The summed E-state index contributed by atoms with van der Waals surface area (Å²) in [5.74, 6) is -5.55. The van der Waals surface area contributed by atoms with E-state index in [2.05, 4.69) is 14.9 Å². The van der Waals surface area contributed by atoms with Crippen LogP contribution in [0.25, 0.3) is 0 Å². The number of β-lactam (4-membered cyclic amide) rings is 1. The average molecular weight is 523 g/mol. The monoisotopic (exact) mass is 523 g/mol. The van der Waals surface area contributed by atoms with Crippen molar-refractivity contribution in [3.63, 3.8) is 0 Å². The Bertz CT molecular complexity index is 1070. The van der Waals surface area contributed by atoms with E-state index in [-0.39, 0.29) is 74.2 Å². The molecule has 0 bridgehead atoms. The van der Waals surface area contributed by atoms with Crippen molar-refractivity contribution in [3.05, 3.63) is 11.1 Å². The van der Waals surface area contributed by atoms with Gasteiger partial charge in [0, 0.05) is 5.38 Å². The predicted molar refractivity (Wildman–Crippen MR) is 97.5 cm³/mol. The fourth-order valence-electron chi connectivity index (χ4n) is 2.21. The van der Waals surface area contributed by atoms with E-state index >= 15 is 0 Å². The zero-order valence-corrected chi connectivity index (χ0v) is 23.7. The number of thiazole rings is 1. The van der Waals surface area contributed by atoms with Gasteiger partial charge in [0.25, 0.3) is 11.8 Å². The zero-order chi connectivity index (χ0) is 23.7. The van der Waals surface area contributed by atoms with Crippen LogP contribution in [0.4, 0.5) is 5.13 Å². The summed E-state index contributed by atoms with van der Waals surface area (Å²) in [5, 5.41) is 17.8. The summed E-state index contributed by atoms with van der Waals surface area (Å²) in [6.07, 6.45) is 0. The number of anilines is 1. The van der Waals surface area contributed by atoms with Crippen LogP contribution >= 0.6 is 11.3 Å². The summed E-state index contributed by atoms with van der Waals surface area (Å²) >= 11 is 0.893. The number of carboxylic acid groups (broad SMARTS) is 1. The maximum absolute atomic E-state index is 12.7. The third-order valence-corrected chi connectivity index (χ3v) is 5.42. The minimum absolute atomic E-state index is 0. The van der Waals surface area contributed by atoms with Crippen molar-refractivity contribution < 1.29 is 106 Å². The summed E-state index contributed by atoms with van der Waals surface area (Å²) in [6.45, 7) is 2.16. The maximum atomic E-state index is 12.7. The molecule has 0 unspecified atom stereocenters. The summed E-state index contributed by atoms with van der Waals surface area (Å²) in [7, 11) is -4.49. The number of methoxy groups -OCH3 is 1. The molecule has 0 saturated carbocycles. The van der Waals surface area contributed by atoms with E-state index in [0.29, 0.717) is 0 Å². The average Bonchev–Trinajstić information content (AvgIpc) is 3.07. The number of carbonyl (C=O) groups is 4. The number of nitrogen functional groups attached to an aromatic ring is 1. The number of carbonyl (C=O) groups excluding carboxylic acids is 4.